The van der Waals surface area contributed by atoms with E-state index in [0.717, 1.165) is 19.3 Å². The Bertz CT molecular complexity index is 1160. The van der Waals surface area contributed by atoms with Crippen molar-refractivity contribution in [1.82, 2.24) is 18.8 Å². The van der Waals surface area contributed by atoms with E-state index < -0.39 is 21.5 Å². The average molecular weight is 386 g/mol. The normalized spacial score (nSPS) is 15.9. The van der Waals surface area contributed by atoms with Gasteiger partial charge in [-0.2, -0.15) is 4.31 Å². The summed E-state index contributed by atoms with van der Waals surface area (Å²) < 4.78 is 28.6. The van der Waals surface area contributed by atoms with Crippen molar-refractivity contribution < 1.29 is 13.2 Å². The van der Waals surface area contributed by atoms with Gasteiger partial charge in [0.1, 0.15) is 6.33 Å². The van der Waals surface area contributed by atoms with Gasteiger partial charge in [0.15, 0.2) is 0 Å². The van der Waals surface area contributed by atoms with E-state index in [2.05, 4.69) is 9.97 Å². The summed E-state index contributed by atoms with van der Waals surface area (Å²) >= 11 is 0. The predicted octanol–water partition coefficient (Wildman–Crippen LogP) is 1.59. The van der Waals surface area contributed by atoms with Crippen LogP contribution in [0.4, 0.5) is 0 Å². The van der Waals surface area contributed by atoms with Gasteiger partial charge in [-0.25, -0.2) is 13.4 Å². The molecule has 0 saturated carbocycles. The number of H-pyrrole nitrogens is 1. The first-order valence-electron chi connectivity index (χ1n) is 8.67. The van der Waals surface area contributed by atoms with Crippen LogP contribution in [0.2, 0.25) is 0 Å². The zero-order valence-electron chi connectivity index (χ0n) is 14.5. The Labute approximate surface area is 155 Å². The van der Waals surface area contributed by atoms with Crippen molar-refractivity contribution in [2.45, 2.75) is 24.2 Å². The molecular formula is C18H18N4O4S. The summed E-state index contributed by atoms with van der Waals surface area (Å²) in [7, 11) is -3.65. The molecule has 4 rings (SSSR count). The number of hydrogen-bond donors (Lipinski definition) is 1. The van der Waals surface area contributed by atoms with Crippen LogP contribution in [0.1, 0.15) is 29.6 Å². The summed E-state index contributed by atoms with van der Waals surface area (Å²) in [5, 5.41) is 0.381. The van der Waals surface area contributed by atoms with Crippen molar-refractivity contribution in [1.29, 1.82) is 0 Å². The van der Waals surface area contributed by atoms with E-state index in [0.29, 0.717) is 24.0 Å². The SMILES string of the molecule is O=C(c1cc(=O)[nH]c2ccc(S(=O)(=O)N3CCCCC3)cc12)n1ccnc1. The van der Waals surface area contributed by atoms with Crippen LogP contribution in [-0.2, 0) is 10.0 Å². The van der Waals surface area contributed by atoms with Crippen molar-refractivity contribution in [3.8, 4) is 0 Å². The van der Waals surface area contributed by atoms with Crippen LogP contribution in [0.3, 0.4) is 0 Å². The lowest BCUT2D eigenvalue weighted by Crippen LogP contribution is -2.35. The molecule has 1 N–H and O–H groups in total. The number of carbonyl (C=O) groups excluding carboxylic acids is 1. The average Bonchev–Trinajstić information content (AvgIpc) is 3.22. The molecule has 1 fully saturated rings. The second kappa shape index (κ2) is 6.75. The first kappa shape index (κ1) is 17.6. The van der Waals surface area contributed by atoms with Crippen LogP contribution in [0.15, 0.2) is 52.7 Å². The summed E-state index contributed by atoms with van der Waals surface area (Å²) in [5.41, 5.74) is 0.101. The Balaban J connectivity index is 1.86. The fraction of sp³-hybridized carbons (Fsp3) is 0.278. The number of sulfonamides is 1. The number of fused-ring (bicyclic) bond motifs is 1. The number of carbonyl (C=O) groups is 1. The van der Waals surface area contributed by atoms with Gasteiger partial charge in [-0.3, -0.25) is 14.2 Å². The number of hydrogen-bond acceptors (Lipinski definition) is 5. The first-order chi connectivity index (χ1) is 13.0. The van der Waals surface area contributed by atoms with E-state index in [4.69, 9.17) is 0 Å². The van der Waals surface area contributed by atoms with Gasteiger partial charge in [-0.1, -0.05) is 6.42 Å². The van der Waals surface area contributed by atoms with Gasteiger partial charge in [-0.05, 0) is 31.0 Å². The number of rotatable bonds is 3. The molecule has 9 heteroatoms. The van der Waals surface area contributed by atoms with Crippen LogP contribution < -0.4 is 5.56 Å². The minimum atomic E-state index is -3.65. The number of pyridine rings is 1. The van der Waals surface area contributed by atoms with Crippen molar-refractivity contribution in [3.63, 3.8) is 0 Å². The monoisotopic (exact) mass is 386 g/mol. The maximum absolute atomic E-state index is 13.0. The van der Waals surface area contributed by atoms with Gasteiger partial charge in [-0.15, -0.1) is 0 Å². The molecule has 0 spiro atoms. The number of nitrogens with zero attached hydrogens (tertiary/aromatic N) is 3. The lowest BCUT2D eigenvalue weighted by molar-refractivity contribution is 0.0961. The van der Waals surface area contributed by atoms with Gasteiger partial charge in [0, 0.05) is 42.5 Å². The molecule has 140 valence electrons. The highest BCUT2D eigenvalue weighted by atomic mass is 32.2. The van der Waals surface area contributed by atoms with E-state index in [1.165, 1.54) is 51.9 Å². The summed E-state index contributed by atoms with van der Waals surface area (Å²) in [6.45, 7) is 0.986. The molecule has 1 aliphatic heterocycles. The third-order valence-corrected chi connectivity index (χ3v) is 6.63. The summed E-state index contributed by atoms with van der Waals surface area (Å²) in [5.74, 6) is -0.448. The number of piperidine rings is 1. The number of imidazole rings is 1. The molecule has 3 aromatic rings. The molecule has 0 amide bonds. The molecule has 0 atom stereocenters. The summed E-state index contributed by atoms with van der Waals surface area (Å²) in [6.07, 6.45) is 6.97. The number of nitrogens with one attached hydrogen (secondary N) is 1. The van der Waals surface area contributed by atoms with Crippen molar-refractivity contribution in [2.75, 3.05) is 13.1 Å². The second-order valence-electron chi connectivity index (χ2n) is 6.49. The van der Waals surface area contributed by atoms with Gasteiger partial charge in [0.2, 0.25) is 15.6 Å². The van der Waals surface area contributed by atoms with Crippen LogP contribution in [0.5, 0.6) is 0 Å². The Morgan fingerprint density at radius 2 is 1.89 bits per heavy atom. The Hall–Kier alpha value is -2.78. The molecule has 8 nitrogen and oxygen atoms in total. The van der Waals surface area contributed by atoms with Crippen molar-refractivity contribution >= 4 is 26.8 Å². The van der Waals surface area contributed by atoms with Gasteiger partial charge in [0.25, 0.3) is 5.91 Å². The highest BCUT2D eigenvalue weighted by Gasteiger charge is 2.26. The molecule has 0 bridgehead atoms. The van der Waals surface area contributed by atoms with Crippen molar-refractivity contribution in [2.24, 2.45) is 0 Å². The smallest absolute Gasteiger partial charge is 0.264 e. The fourth-order valence-corrected chi connectivity index (χ4v) is 4.89. The zero-order valence-corrected chi connectivity index (χ0v) is 15.3. The lowest BCUT2D eigenvalue weighted by Gasteiger charge is -2.26. The zero-order chi connectivity index (χ0) is 19.0. The standard InChI is InChI=1S/C18H18N4O4S/c23-17-11-15(18(24)21-9-6-19-12-21)14-10-13(4-5-16(14)20-17)27(25,26)22-7-2-1-3-8-22/h4-6,9-12H,1-3,7-8H2,(H,20,23). The van der Waals surface area contributed by atoms with E-state index in [1.54, 1.807) is 0 Å². The molecule has 1 aromatic carbocycles. The van der Waals surface area contributed by atoms with Gasteiger partial charge in [0.05, 0.1) is 10.5 Å². The van der Waals surface area contributed by atoms with Crippen LogP contribution in [-0.4, -0.2) is 46.3 Å². The molecule has 2 aromatic heterocycles. The minimum Gasteiger partial charge on any atom is -0.322 e. The third-order valence-electron chi connectivity index (χ3n) is 4.74. The van der Waals surface area contributed by atoms with Crippen LogP contribution in [0.25, 0.3) is 10.9 Å². The molecule has 3 heterocycles. The second-order valence-corrected chi connectivity index (χ2v) is 8.43. The van der Waals surface area contributed by atoms with E-state index in [-0.39, 0.29) is 10.5 Å². The Morgan fingerprint density at radius 3 is 2.59 bits per heavy atom. The van der Waals surface area contributed by atoms with E-state index >= 15 is 0 Å². The Morgan fingerprint density at radius 1 is 1.11 bits per heavy atom. The van der Waals surface area contributed by atoms with E-state index in [9.17, 15) is 18.0 Å². The lowest BCUT2D eigenvalue weighted by atomic mass is 10.1. The van der Waals surface area contributed by atoms with E-state index in [1.807, 2.05) is 0 Å². The van der Waals surface area contributed by atoms with Crippen molar-refractivity contribution in [3.05, 3.63) is 58.9 Å². The number of aromatic amines is 1. The molecule has 27 heavy (non-hydrogen) atoms. The van der Waals surface area contributed by atoms with Gasteiger partial charge < -0.3 is 4.98 Å². The first-order valence-corrected chi connectivity index (χ1v) is 10.1. The van der Waals surface area contributed by atoms with Crippen LogP contribution >= 0.6 is 0 Å². The molecule has 0 unspecified atom stereocenters. The maximum Gasteiger partial charge on any atom is 0.264 e. The highest BCUT2D eigenvalue weighted by Crippen LogP contribution is 2.25. The third kappa shape index (κ3) is 3.19. The molecule has 0 aliphatic carbocycles. The fourth-order valence-electron chi connectivity index (χ4n) is 3.34. The number of benzene rings is 1. The molecular weight excluding hydrogens is 368 g/mol. The largest absolute Gasteiger partial charge is 0.322 e. The predicted molar refractivity (Wildman–Crippen MR) is 99.1 cm³/mol. The molecule has 0 radical (unpaired) electrons. The number of aromatic nitrogens is 3. The molecule has 1 saturated heterocycles. The summed E-state index contributed by atoms with van der Waals surface area (Å²) in [6, 6.07) is 5.63. The molecule has 1 aliphatic rings. The van der Waals surface area contributed by atoms with Gasteiger partial charge >= 0.3 is 0 Å². The summed E-state index contributed by atoms with van der Waals surface area (Å²) in [4.78, 5) is 31.3. The highest BCUT2D eigenvalue weighted by molar-refractivity contribution is 7.89. The minimum absolute atomic E-state index is 0.114. The Kier molecular flexibility index (Phi) is 4.40. The topological polar surface area (TPSA) is 105 Å². The maximum atomic E-state index is 13.0. The quantitative estimate of drug-likeness (QED) is 0.736. The van der Waals surface area contributed by atoms with Crippen LogP contribution in [0, 0.1) is 0 Å².